The number of hydrogen-bond acceptors (Lipinski definition) is 4. The van der Waals surface area contributed by atoms with E-state index >= 15 is 0 Å². The fourth-order valence-electron chi connectivity index (χ4n) is 2.50. The Labute approximate surface area is 143 Å². The predicted molar refractivity (Wildman–Crippen MR) is 93.7 cm³/mol. The lowest BCUT2D eigenvalue weighted by atomic mass is 10.1. The Kier molecular flexibility index (Phi) is 6.52. The number of aromatic nitrogens is 2. The minimum Gasteiger partial charge on any atom is -0.378 e. The first-order valence-corrected chi connectivity index (χ1v) is 8.00. The zero-order chi connectivity index (χ0) is 17.5. The summed E-state index contributed by atoms with van der Waals surface area (Å²) in [5.41, 5.74) is 2.39. The van der Waals surface area contributed by atoms with Crippen molar-refractivity contribution in [2.75, 3.05) is 34.3 Å². The van der Waals surface area contributed by atoms with Crippen molar-refractivity contribution in [2.24, 2.45) is 7.05 Å². The second kappa shape index (κ2) is 8.61. The summed E-state index contributed by atoms with van der Waals surface area (Å²) in [7, 11) is 7.44. The molecule has 0 bridgehead atoms. The molecule has 0 fully saturated rings. The van der Waals surface area contributed by atoms with Gasteiger partial charge in [-0.1, -0.05) is 30.3 Å². The third kappa shape index (κ3) is 4.91. The molecule has 0 atom stereocenters. The number of carbonyl (C=O) groups is 1. The van der Waals surface area contributed by atoms with Crippen LogP contribution in [0.3, 0.4) is 0 Å². The van der Waals surface area contributed by atoms with Crippen molar-refractivity contribution >= 4 is 5.91 Å². The van der Waals surface area contributed by atoms with Crippen LogP contribution in [0.5, 0.6) is 0 Å². The van der Waals surface area contributed by atoms with Gasteiger partial charge in [-0.3, -0.25) is 9.48 Å². The molecule has 0 spiro atoms. The summed E-state index contributed by atoms with van der Waals surface area (Å²) in [6.07, 6.45) is 1.77. The Balaban J connectivity index is 2.23. The number of likely N-dealkylation sites (N-methyl/N-ethyl adjacent to an activating group) is 1. The number of benzene rings is 1. The molecule has 2 rings (SSSR count). The number of carbonyl (C=O) groups excluding carboxylic acids is 1. The molecule has 0 N–H and O–H groups in total. The van der Waals surface area contributed by atoms with E-state index in [9.17, 15) is 4.79 Å². The molecule has 0 unspecified atom stereocenters. The summed E-state index contributed by atoms with van der Waals surface area (Å²) >= 11 is 0. The summed E-state index contributed by atoms with van der Waals surface area (Å²) in [4.78, 5) is 17.0. The molecule has 0 radical (unpaired) electrons. The van der Waals surface area contributed by atoms with E-state index in [2.05, 4.69) is 10.00 Å². The van der Waals surface area contributed by atoms with Gasteiger partial charge in [-0.05, 0) is 19.7 Å². The molecule has 0 saturated heterocycles. The zero-order valence-electron chi connectivity index (χ0n) is 14.9. The molecular formula is C18H26N4O2. The van der Waals surface area contributed by atoms with Gasteiger partial charge in [-0.15, -0.1) is 0 Å². The van der Waals surface area contributed by atoms with Crippen molar-refractivity contribution in [3.8, 4) is 0 Å². The molecule has 1 aromatic carbocycles. The van der Waals surface area contributed by atoms with E-state index in [4.69, 9.17) is 4.74 Å². The summed E-state index contributed by atoms with van der Waals surface area (Å²) in [5, 5.41) is 4.34. The molecule has 0 aliphatic heterocycles. The van der Waals surface area contributed by atoms with E-state index in [1.54, 1.807) is 18.0 Å². The Morgan fingerprint density at radius 3 is 2.54 bits per heavy atom. The first-order valence-electron chi connectivity index (χ1n) is 8.00. The van der Waals surface area contributed by atoms with Crippen LogP contribution in [-0.2, 0) is 24.9 Å². The van der Waals surface area contributed by atoms with Gasteiger partial charge in [0.15, 0.2) is 0 Å². The normalized spacial score (nSPS) is 11.0. The summed E-state index contributed by atoms with van der Waals surface area (Å²) in [6.45, 7) is 2.37. The van der Waals surface area contributed by atoms with E-state index in [0.29, 0.717) is 31.0 Å². The van der Waals surface area contributed by atoms with Crippen LogP contribution in [0.4, 0.5) is 0 Å². The minimum atomic E-state index is -0.0131. The first-order chi connectivity index (χ1) is 11.5. The highest BCUT2D eigenvalue weighted by Crippen LogP contribution is 2.14. The maximum atomic E-state index is 13.1. The molecule has 130 valence electrons. The van der Waals surface area contributed by atoms with Crippen molar-refractivity contribution in [3.05, 3.63) is 53.3 Å². The number of rotatable bonds is 8. The van der Waals surface area contributed by atoms with Gasteiger partial charge in [-0.2, -0.15) is 5.10 Å². The van der Waals surface area contributed by atoms with Crippen LogP contribution in [0, 0.1) is 0 Å². The molecule has 6 nitrogen and oxygen atoms in total. The number of ether oxygens (including phenoxy) is 1. The number of nitrogens with zero attached hydrogens (tertiary/aromatic N) is 4. The molecule has 24 heavy (non-hydrogen) atoms. The Hall–Kier alpha value is -2.18. The second-order valence-electron chi connectivity index (χ2n) is 6.11. The van der Waals surface area contributed by atoms with Crippen molar-refractivity contribution in [3.63, 3.8) is 0 Å². The maximum absolute atomic E-state index is 13.1. The largest absolute Gasteiger partial charge is 0.378 e. The molecule has 6 heteroatoms. The van der Waals surface area contributed by atoms with Crippen molar-refractivity contribution in [2.45, 2.75) is 13.2 Å². The fraction of sp³-hybridized carbons (Fsp3) is 0.444. The number of amides is 1. The second-order valence-corrected chi connectivity index (χ2v) is 6.11. The fourth-order valence-corrected chi connectivity index (χ4v) is 2.50. The Morgan fingerprint density at radius 1 is 1.21 bits per heavy atom. The van der Waals surface area contributed by atoms with E-state index < -0.39 is 0 Å². The molecule has 0 saturated carbocycles. The third-order valence-electron chi connectivity index (χ3n) is 3.74. The molecule has 1 heterocycles. The van der Waals surface area contributed by atoms with Crippen LogP contribution in [0.1, 0.15) is 21.6 Å². The third-order valence-corrected chi connectivity index (χ3v) is 3.74. The highest BCUT2D eigenvalue weighted by Gasteiger charge is 2.22. The smallest absolute Gasteiger partial charge is 0.257 e. The molecule has 1 aromatic heterocycles. The standard InChI is InChI=1S/C18H26N4O2/c1-20(2)10-11-22(12-15-8-6-5-7-9-15)18(23)16-13-21(3)19-17(16)14-24-4/h5-9,13H,10-12,14H2,1-4H3. The van der Waals surface area contributed by atoms with Crippen LogP contribution in [0.25, 0.3) is 0 Å². The van der Waals surface area contributed by atoms with Crippen LogP contribution < -0.4 is 0 Å². The highest BCUT2D eigenvalue weighted by molar-refractivity contribution is 5.95. The highest BCUT2D eigenvalue weighted by atomic mass is 16.5. The topological polar surface area (TPSA) is 50.6 Å². The molecule has 2 aromatic rings. The van der Waals surface area contributed by atoms with Crippen LogP contribution in [0.2, 0.25) is 0 Å². The lowest BCUT2D eigenvalue weighted by Gasteiger charge is -2.24. The quantitative estimate of drug-likeness (QED) is 0.740. The van der Waals surface area contributed by atoms with Crippen LogP contribution >= 0.6 is 0 Å². The van der Waals surface area contributed by atoms with Crippen molar-refractivity contribution < 1.29 is 9.53 Å². The van der Waals surface area contributed by atoms with E-state index in [-0.39, 0.29) is 5.91 Å². The molecular weight excluding hydrogens is 304 g/mol. The summed E-state index contributed by atoms with van der Waals surface area (Å²) in [5.74, 6) is -0.0131. The van der Waals surface area contributed by atoms with Gasteiger partial charge in [0.05, 0.1) is 12.2 Å². The molecule has 1 amide bonds. The first kappa shape index (κ1) is 18.2. The lowest BCUT2D eigenvalue weighted by molar-refractivity contribution is 0.0727. The van der Waals surface area contributed by atoms with Gasteiger partial charge >= 0.3 is 0 Å². The zero-order valence-corrected chi connectivity index (χ0v) is 14.9. The summed E-state index contributed by atoms with van der Waals surface area (Å²) < 4.78 is 6.83. The Morgan fingerprint density at radius 2 is 1.92 bits per heavy atom. The van der Waals surface area contributed by atoms with E-state index in [0.717, 1.165) is 12.1 Å². The summed E-state index contributed by atoms with van der Waals surface area (Å²) in [6, 6.07) is 10.0. The van der Waals surface area contributed by atoms with Crippen LogP contribution in [0.15, 0.2) is 36.5 Å². The lowest BCUT2D eigenvalue weighted by Crippen LogP contribution is -2.36. The van der Waals surface area contributed by atoms with E-state index in [1.165, 1.54) is 0 Å². The molecule has 0 aliphatic rings. The van der Waals surface area contributed by atoms with Crippen molar-refractivity contribution in [1.82, 2.24) is 19.6 Å². The predicted octanol–water partition coefficient (Wildman–Crippen LogP) is 1.77. The minimum absolute atomic E-state index is 0.0131. The van der Waals surface area contributed by atoms with Gasteiger partial charge in [0.25, 0.3) is 5.91 Å². The Bertz CT molecular complexity index is 652. The van der Waals surface area contributed by atoms with Gasteiger partial charge in [0, 0.05) is 40.0 Å². The number of hydrogen-bond donors (Lipinski definition) is 0. The monoisotopic (exact) mass is 330 g/mol. The van der Waals surface area contributed by atoms with E-state index in [1.807, 2.05) is 56.4 Å². The van der Waals surface area contributed by atoms with Gasteiger partial charge in [0.2, 0.25) is 0 Å². The molecule has 0 aliphatic carbocycles. The average Bonchev–Trinajstić information content (AvgIpc) is 2.92. The van der Waals surface area contributed by atoms with Gasteiger partial charge < -0.3 is 14.5 Å². The average molecular weight is 330 g/mol. The number of aryl methyl sites for hydroxylation is 1. The van der Waals surface area contributed by atoms with Crippen molar-refractivity contribution in [1.29, 1.82) is 0 Å². The maximum Gasteiger partial charge on any atom is 0.257 e. The number of methoxy groups -OCH3 is 1. The van der Waals surface area contributed by atoms with Crippen LogP contribution in [-0.4, -0.2) is 59.8 Å². The van der Waals surface area contributed by atoms with Gasteiger partial charge in [-0.25, -0.2) is 0 Å². The SMILES string of the molecule is COCc1nn(C)cc1C(=O)N(CCN(C)C)Cc1ccccc1. The van der Waals surface area contributed by atoms with Gasteiger partial charge in [0.1, 0.15) is 5.69 Å².